The average Bonchev–Trinajstić information content (AvgIpc) is 3.31. The molecule has 1 atom stereocenters. The zero-order chi connectivity index (χ0) is 20.3. The van der Waals surface area contributed by atoms with Gasteiger partial charge in [0.25, 0.3) is 5.91 Å². The molecule has 6 heteroatoms. The maximum atomic E-state index is 13.0. The number of benzene rings is 1. The van der Waals surface area contributed by atoms with E-state index >= 15 is 0 Å². The van der Waals surface area contributed by atoms with Gasteiger partial charge in [0.2, 0.25) is 5.78 Å². The second-order valence-corrected chi connectivity index (χ2v) is 7.16. The largest absolute Gasteiger partial charge is 0.503 e. The van der Waals surface area contributed by atoms with Crippen molar-refractivity contribution in [2.45, 2.75) is 32.2 Å². The molecule has 0 spiro atoms. The first kappa shape index (κ1) is 19.7. The van der Waals surface area contributed by atoms with Crippen molar-refractivity contribution in [1.29, 1.82) is 0 Å². The van der Waals surface area contributed by atoms with Crippen molar-refractivity contribution in [3.63, 3.8) is 0 Å². The monoisotopic (exact) mass is 382 g/mol. The summed E-state index contributed by atoms with van der Waals surface area (Å²) in [4.78, 5) is 29.3. The van der Waals surface area contributed by atoms with E-state index < -0.39 is 23.5 Å². The van der Waals surface area contributed by atoms with Gasteiger partial charge in [0, 0.05) is 26.3 Å². The minimum atomic E-state index is -0.627. The van der Waals surface area contributed by atoms with Gasteiger partial charge in [-0.2, -0.15) is 0 Å². The number of unbranched alkanes of at least 4 members (excludes halogenated alkanes) is 2. The summed E-state index contributed by atoms with van der Waals surface area (Å²) in [7, 11) is 3.89. The predicted octanol–water partition coefficient (Wildman–Crippen LogP) is 4.11. The lowest BCUT2D eigenvalue weighted by Crippen LogP contribution is -2.32. The van der Waals surface area contributed by atoms with E-state index in [2.05, 4.69) is 6.92 Å². The Kier molecular flexibility index (Phi) is 5.87. The van der Waals surface area contributed by atoms with E-state index in [4.69, 9.17) is 4.42 Å². The zero-order valence-electron chi connectivity index (χ0n) is 16.5. The lowest BCUT2D eigenvalue weighted by atomic mass is 9.94. The third-order valence-electron chi connectivity index (χ3n) is 5.02. The molecule has 0 saturated heterocycles. The molecule has 1 aliphatic heterocycles. The van der Waals surface area contributed by atoms with Crippen LogP contribution in [-0.4, -0.2) is 42.3 Å². The number of rotatable bonds is 8. The summed E-state index contributed by atoms with van der Waals surface area (Å²) in [6.07, 6.45) is 4.20. The molecule has 1 unspecified atom stereocenters. The fraction of sp³-hybridized carbons (Fsp3) is 0.364. The van der Waals surface area contributed by atoms with Crippen LogP contribution < -0.4 is 4.90 Å². The van der Waals surface area contributed by atoms with Crippen LogP contribution in [0.5, 0.6) is 0 Å². The van der Waals surface area contributed by atoms with Crippen LogP contribution in [0.3, 0.4) is 0 Å². The molecule has 1 amide bonds. The number of nitrogens with zero attached hydrogens (tertiary/aromatic N) is 2. The van der Waals surface area contributed by atoms with Crippen molar-refractivity contribution in [2.75, 3.05) is 25.5 Å². The summed E-state index contributed by atoms with van der Waals surface area (Å²) in [5, 5.41) is 10.5. The van der Waals surface area contributed by atoms with Crippen LogP contribution in [0.25, 0.3) is 0 Å². The number of carbonyl (C=O) groups is 2. The Balaban J connectivity index is 2.01. The van der Waals surface area contributed by atoms with Gasteiger partial charge in [0.05, 0.1) is 17.9 Å². The summed E-state index contributed by atoms with van der Waals surface area (Å²) in [5.74, 6) is -1.34. The van der Waals surface area contributed by atoms with Crippen molar-refractivity contribution in [3.8, 4) is 0 Å². The molecular weight excluding hydrogens is 356 g/mol. The number of aliphatic hydroxyl groups is 1. The van der Waals surface area contributed by atoms with Gasteiger partial charge in [-0.3, -0.25) is 9.59 Å². The van der Waals surface area contributed by atoms with Crippen LogP contribution in [0.1, 0.15) is 48.3 Å². The highest BCUT2D eigenvalue weighted by Crippen LogP contribution is 2.39. The maximum Gasteiger partial charge on any atom is 0.290 e. The van der Waals surface area contributed by atoms with Crippen molar-refractivity contribution in [1.82, 2.24) is 4.90 Å². The minimum absolute atomic E-state index is 0.0778. The molecule has 2 aromatic rings. The number of carbonyl (C=O) groups excluding carboxylic acids is 2. The smallest absolute Gasteiger partial charge is 0.290 e. The van der Waals surface area contributed by atoms with Crippen molar-refractivity contribution >= 4 is 17.4 Å². The topological polar surface area (TPSA) is 74.0 Å². The number of furan rings is 1. The summed E-state index contributed by atoms with van der Waals surface area (Å²) >= 11 is 0. The molecule has 148 valence electrons. The fourth-order valence-electron chi connectivity index (χ4n) is 3.49. The van der Waals surface area contributed by atoms with Gasteiger partial charge in [-0.1, -0.05) is 31.9 Å². The molecule has 2 heterocycles. The SMILES string of the molecule is CCCCCN1C(=O)C(O)=C(C(=O)c2ccco2)C1c1ccc(N(C)C)cc1. The second-order valence-electron chi connectivity index (χ2n) is 7.16. The molecule has 1 aliphatic rings. The zero-order valence-corrected chi connectivity index (χ0v) is 16.5. The summed E-state index contributed by atoms with van der Waals surface area (Å²) < 4.78 is 5.23. The molecule has 3 rings (SSSR count). The number of ketones is 1. The standard InChI is InChI=1S/C22H26N2O4/c1-4-5-6-13-24-19(15-9-11-16(12-10-15)23(2)3)18(21(26)22(24)27)20(25)17-8-7-14-28-17/h7-12,14,19,26H,4-6,13H2,1-3H3. The normalized spacial score (nSPS) is 16.8. The third-order valence-corrected chi connectivity index (χ3v) is 5.02. The minimum Gasteiger partial charge on any atom is -0.503 e. The number of anilines is 1. The van der Waals surface area contributed by atoms with E-state index in [0.29, 0.717) is 6.54 Å². The van der Waals surface area contributed by atoms with Crippen LogP contribution in [0.15, 0.2) is 58.4 Å². The summed E-state index contributed by atoms with van der Waals surface area (Å²) in [5.41, 5.74) is 1.88. The van der Waals surface area contributed by atoms with Gasteiger partial charge in [-0.05, 0) is 36.2 Å². The summed E-state index contributed by atoms with van der Waals surface area (Å²) in [6.45, 7) is 2.57. The second kappa shape index (κ2) is 8.33. The van der Waals surface area contributed by atoms with Crippen LogP contribution >= 0.6 is 0 Å². The van der Waals surface area contributed by atoms with Crippen molar-refractivity contribution in [2.24, 2.45) is 0 Å². The van der Waals surface area contributed by atoms with E-state index in [1.165, 1.54) is 6.26 Å². The quantitative estimate of drug-likeness (QED) is 0.549. The van der Waals surface area contributed by atoms with E-state index in [1.54, 1.807) is 17.0 Å². The molecular formula is C22H26N2O4. The van der Waals surface area contributed by atoms with Crippen molar-refractivity contribution in [3.05, 3.63) is 65.3 Å². The lowest BCUT2D eigenvalue weighted by molar-refractivity contribution is -0.129. The Labute approximate surface area is 165 Å². The van der Waals surface area contributed by atoms with E-state index in [0.717, 1.165) is 30.5 Å². The van der Waals surface area contributed by atoms with Crippen LogP contribution in [0, 0.1) is 0 Å². The predicted molar refractivity (Wildman–Crippen MR) is 107 cm³/mol. The molecule has 1 aromatic carbocycles. The highest BCUT2D eigenvalue weighted by atomic mass is 16.3. The Bertz CT molecular complexity index is 866. The van der Waals surface area contributed by atoms with Crippen LogP contribution in [-0.2, 0) is 4.79 Å². The molecule has 1 N–H and O–H groups in total. The van der Waals surface area contributed by atoms with Gasteiger partial charge < -0.3 is 19.3 Å². The Hall–Kier alpha value is -3.02. The molecule has 6 nitrogen and oxygen atoms in total. The van der Waals surface area contributed by atoms with Gasteiger partial charge in [0.15, 0.2) is 11.5 Å². The molecule has 0 bridgehead atoms. The third kappa shape index (κ3) is 3.67. The number of hydrogen-bond donors (Lipinski definition) is 1. The first-order valence-electron chi connectivity index (χ1n) is 9.55. The van der Waals surface area contributed by atoms with Gasteiger partial charge in [0.1, 0.15) is 0 Å². The highest BCUT2D eigenvalue weighted by molar-refractivity contribution is 6.15. The molecule has 0 saturated carbocycles. The first-order valence-corrected chi connectivity index (χ1v) is 9.55. The van der Waals surface area contributed by atoms with E-state index in [9.17, 15) is 14.7 Å². The number of amides is 1. The molecule has 0 aliphatic carbocycles. The molecule has 0 radical (unpaired) electrons. The molecule has 0 fully saturated rings. The van der Waals surface area contributed by atoms with Gasteiger partial charge in [-0.15, -0.1) is 0 Å². The number of hydrogen-bond acceptors (Lipinski definition) is 5. The fourth-order valence-corrected chi connectivity index (χ4v) is 3.49. The van der Waals surface area contributed by atoms with Crippen molar-refractivity contribution < 1.29 is 19.1 Å². The van der Waals surface area contributed by atoms with E-state index in [1.807, 2.05) is 43.3 Å². The van der Waals surface area contributed by atoms with Crippen LogP contribution in [0.4, 0.5) is 5.69 Å². The number of aliphatic hydroxyl groups excluding tert-OH is 1. The average molecular weight is 382 g/mol. The van der Waals surface area contributed by atoms with Crippen LogP contribution in [0.2, 0.25) is 0 Å². The van der Waals surface area contributed by atoms with Gasteiger partial charge in [-0.25, -0.2) is 0 Å². The number of Topliss-reactive ketones (excluding diaryl/α,β-unsaturated/α-hetero) is 1. The lowest BCUT2D eigenvalue weighted by Gasteiger charge is -2.27. The molecule has 28 heavy (non-hydrogen) atoms. The Morgan fingerprint density at radius 3 is 2.46 bits per heavy atom. The Morgan fingerprint density at radius 1 is 1.18 bits per heavy atom. The van der Waals surface area contributed by atoms with Gasteiger partial charge >= 0.3 is 0 Å². The Morgan fingerprint density at radius 2 is 1.89 bits per heavy atom. The first-order chi connectivity index (χ1) is 13.5. The maximum absolute atomic E-state index is 13.0. The highest BCUT2D eigenvalue weighted by Gasteiger charge is 2.44. The summed E-state index contributed by atoms with van der Waals surface area (Å²) in [6, 6.07) is 10.2. The van der Waals surface area contributed by atoms with E-state index in [-0.39, 0.29) is 11.3 Å². The molecule has 1 aromatic heterocycles.